The van der Waals surface area contributed by atoms with Crippen LogP contribution in [0.2, 0.25) is 0 Å². The lowest BCUT2D eigenvalue weighted by molar-refractivity contribution is -0.113. The second-order valence-corrected chi connectivity index (χ2v) is 5.56. The Bertz CT molecular complexity index is 647. The molecule has 0 saturated heterocycles. The number of hydrogen-bond donors (Lipinski definition) is 0. The van der Waals surface area contributed by atoms with E-state index in [4.69, 9.17) is 0 Å². The lowest BCUT2D eigenvalue weighted by atomic mass is 10.1. The molecular weight excluding hydrogens is 314 g/mol. The Hall–Kier alpha value is -1.87. The van der Waals surface area contributed by atoms with Gasteiger partial charge in [-0.3, -0.25) is 9.69 Å². The average molecular weight is 330 g/mol. The van der Waals surface area contributed by atoms with Crippen molar-refractivity contribution < 1.29 is 4.79 Å². The molecule has 2 rings (SSSR count). The fraction of sp³-hybridized carbons (Fsp3) is 0.118. The van der Waals surface area contributed by atoms with Crippen LogP contribution in [-0.2, 0) is 4.79 Å². The lowest BCUT2D eigenvalue weighted by Crippen LogP contribution is -2.24. The molecule has 0 unspecified atom stereocenters. The van der Waals surface area contributed by atoms with Gasteiger partial charge in [0.1, 0.15) is 0 Å². The van der Waals surface area contributed by atoms with E-state index in [1.807, 2.05) is 50.2 Å². The van der Waals surface area contributed by atoms with Crippen LogP contribution in [0.1, 0.15) is 11.1 Å². The molecule has 0 saturated carbocycles. The third kappa shape index (κ3) is 2.99. The highest BCUT2D eigenvalue weighted by Crippen LogP contribution is 2.30. The first-order valence-corrected chi connectivity index (χ1v) is 7.11. The molecule has 0 spiro atoms. The third-order valence-corrected chi connectivity index (χ3v) is 3.60. The molecule has 20 heavy (non-hydrogen) atoms. The number of carbonyl (C=O) groups excluding carboxylic acids is 1. The summed E-state index contributed by atoms with van der Waals surface area (Å²) in [4.78, 5) is 13.9. The van der Waals surface area contributed by atoms with E-state index in [9.17, 15) is 4.79 Å². The number of rotatable bonds is 3. The standard InChI is InChI=1S/C17H16BrNO/c1-4-17(20)19(15-8-6-14(18)7-9-15)16-10-5-12(2)11-13(16)3/h4-11H,1H2,2-3H3. The molecule has 0 aliphatic carbocycles. The summed E-state index contributed by atoms with van der Waals surface area (Å²) in [6, 6.07) is 13.7. The van der Waals surface area contributed by atoms with Crippen molar-refractivity contribution in [1.29, 1.82) is 0 Å². The average Bonchev–Trinajstić information content (AvgIpc) is 2.43. The molecule has 0 aliphatic heterocycles. The Morgan fingerprint density at radius 1 is 1.15 bits per heavy atom. The van der Waals surface area contributed by atoms with Crippen LogP contribution in [-0.4, -0.2) is 5.91 Å². The summed E-state index contributed by atoms with van der Waals surface area (Å²) in [5, 5.41) is 0. The number of halogens is 1. The van der Waals surface area contributed by atoms with E-state index < -0.39 is 0 Å². The summed E-state index contributed by atoms with van der Waals surface area (Å²) in [6.07, 6.45) is 1.33. The fourth-order valence-electron chi connectivity index (χ4n) is 2.12. The topological polar surface area (TPSA) is 20.3 Å². The van der Waals surface area contributed by atoms with Crippen molar-refractivity contribution in [1.82, 2.24) is 0 Å². The molecule has 0 atom stereocenters. The van der Waals surface area contributed by atoms with E-state index >= 15 is 0 Å². The van der Waals surface area contributed by atoms with Crippen molar-refractivity contribution in [2.45, 2.75) is 13.8 Å². The minimum Gasteiger partial charge on any atom is -0.277 e. The smallest absolute Gasteiger partial charge is 0.254 e. The predicted octanol–water partition coefficient (Wildman–Crippen LogP) is 4.92. The van der Waals surface area contributed by atoms with Crippen LogP contribution in [0.15, 0.2) is 59.6 Å². The number of amides is 1. The highest BCUT2D eigenvalue weighted by atomic mass is 79.9. The van der Waals surface area contributed by atoms with E-state index in [0.29, 0.717) is 0 Å². The Balaban J connectivity index is 2.55. The first-order chi connectivity index (χ1) is 9.52. The van der Waals surface area contributed by atoms with Crippen molar-refractivity contribution in [3.8, 4) is 0 Å². The second kappa shape index (κ2) is 6.06. The van der Waals surface area contributed by atoms with Gasteiger partial charge in [-0.25, -0.2) is 0 Å². The second-order valence-electron chi connectivity index (χ2n) is 4.64. The van der Waals surface area contributed by atoms with Crippen LogP contribution in [0.4, 0.5) is 11.4 Å². The summed E-state index contributed by atoms with van der Waals surface area (Å²) in [5.74, 6) is -0.140. The maximum Gasteiger partial charge on any atom is 0.254 e. The van der Waals surface area contributed by atoms with E-state index in [0.717, 1.165) is 21.4 Å². The van der Waals surface area contributed by atoms with Crippen LogP contribution in [0.3, 0.4) is 0 Å². The van der Waals surface area contributed by atoms with Crippen molar-refractivity contribution in [2.24, 2.45) is 0 Å². The molecule has 0 aromatic heterocycles. The number of hydrogen-bond acceptors (Lipinski definition) is 1. The van der Waals surface area contributed by atoms with Gasteiger partial charge in [0.05, 0.1) is 5.69 Å². The molecule has 2 aromatic rings. The van der Waals surface area contributed by atoms with Gasteiger partial charge in [0.25, 0.3) is 5.91 Å². The fourth-order valence-corrected chi connectivity index (χ4v) is 2.39. The van der Waals surface area contributed by atoms with Gasteiger partial charge >= 0.3 is 0 Å². The minimum atomic E-state index is -0.140. The number of anilines is 2. The molecule has 2 aromatic carbocycles. The Labute approximate surface area is 127 Å². The van der Waals surface area contributed by atoms with Crippen molar-refractivity contribution >= 4 is 33.2 Å². The highest BCUT2D eigenvalue weighted by molar-refractivity contribution is 9.10. The molecule has 0 bridgehead atoms. The molecular formula is C17H16BrNO. The van der Waals surface area contributed by atoms with Crippen LogP contribution < -0.4 is 4.90 Å². The number of benzene rings is 2. The van der Waals surface area contributed by atoms with Crippen LogP contribution in [0.5, 0.6) is 0 Å². The Morgan fingerprint density at radius 3 is 2.35 bits per heavy atom. The van der Waals surface area contributed by atoms with Gasteiger partial charge in [0, 0.05) is 10.2 Å². The molecule has 2 nitrogen and oxygen atoms in total. The maximum absolute atomic E-state index is 12.2. The molecule has 3 heteroatoms. The van der Waals surface area contributed by atoms with Gasteiger partial charge in [-0.15, -0.1) is 0 Å². The first-order valence-electron chi connectivity index (χ1n) is 6.32. The van der Waals surface area contributed by atoms with Crippen molar-refractivity contribution in [2.75, 3.05) is 4.90 Å². The first kappa shape index (κ1) is 14.5. The van der Waals surface area contributed by atoms with Gasteiger partial charge in [-0.05, 0) is 55.8 Å². The van der Waals surface area contributed by atoms with E-state index in [1.165, 1.54) is 11.6 Å². The quantitative estimate of drug-likeness (QED) is 0.732. The molecule has 0 heterocycles. The largest absolute Gasteiger partial charge is 0.277 e. The van der Waals surface area contributed by atoms with E-state index in [-0.39, 0.29) is 5.91 Å². The van der Waals surface area contributed by atoms with Gasteiger partial charge < -0.3 is 0 Å². The molecule has 0 fully saturated rings. The van der Waals surface area contributed by atoms with Crippen molar-refractivity contribution in [3.63, 3.8) is 0 Å². The van der Waals surface area contributed by atoms with Gasteiger partial charge in [0.2, 0.25) is 0 Å². The summed E-state index contributed by atoms with van der Waals surface area (Å²) < 4.78 is 0.980. The minimum absolute atomic E-state index is 0.140. The summed E-state index contributed by atoms with van der Waals surface area (Å²) in [5.41, 5.74) is 3.93. The number of nitrogens with zero attached hydrogens (tertiary/aromatic N) is 1. The molecule has 1 amide bonds. The number of aryl methyl sites for hydroxylation is 2. The number of carbonyl (C=O) groups is 1. The van der Waals surface area contributed by atoms with Crippen LogP contribution >= 0.6 is 15.9 Å². The zero-order chi connectivity index (χ0) is 14.7. The van der Waals surface area contributed by atoms with Crippen LogP contribution in [0, 0.1) is 13.8 Å². The van der Waals surface area contributed by atoms with Crippen LogP contribution in [0.25, 0.3) is 0 Å². The van der Waals surface area contributed by atoms with Gasteiger partial charge in [-0.1, -0.05) is 40.2 Å². The monoisotopic (exact) mass is 329 g/mol. The van der Waals surface area contributed by atoms with Gasteiger partial charge in [-0.2, -0.15) is 0 Å². The van der Waals surface area contributed by atoms with Crippen molar-refractivity contribution in [3.05, 3.63) is 70.7 Å². The lowest BCUT2D eigenvalue weighted by Gasteiger charge is -2.23. The van der Waals surface area contributed by atoms with E-state index in [2.05, 4.69) is 28.6 Å². The highest BCUT2D eigenvalue weighted by Gasteiger charge is 2.17. The zero-order valence-corrected chi connectivity index (χ0v) is 13.1. The molecule has 0 radical (unpaired) electrons. The summed E-state index contributed by atoms with van der Waals surface area (Å²) in [6.45, 7) is 7.64. The maximum atomic E-state index is 12.2. The third-order valence-electron chi connectivity index (χ3n) is 3.07. The predicted molar refractivity (Wildman–Crippen MR) is 87.4 cm³/mol. The summed E-state index contributed by atoms with van der Waals surface area (Å²) >= 11 is 3.41. The zero-order valence-electron chi connectivity index (χ0n) is 11.6. The molecule has 0 N–H and O–H groups in total. The Morgan fingerprint density at radius 2 is 1.80 bits per heavy atom. The Kier molecular flexibility index (Phi) is 4.40. The van der Waals surface area contributed by atoms with E-state index in [1.54, 1.807) is 4.90 Å². The molecule has 102 valence electrons. The van der Waals surface area contributed by atoms with Gasteiger partial charge in [0.15, 0.2) is 0 Å². The summed E-state index contributed by atoms with van der Waals surface area (Å²) in [7, 11) is 0. The normalized spacial score (nSPS) is 10.2. The molecule has 0 aliphatic rings. The SMILES string of the molecule is C=CC(=O)N(c1ccc(Br)cc1)c1ccc(C)cc1C.